The van der Waals surface area contributed by atoms with Gasteiger partial charge in [0.2, 0.25) is 0 Å². The third-order valence-corrected chi connectivity index (χ3v) is 13.8. The minimum atomic E-state index is -2.08. The van der Waals surface area contributed by atoms with Crippen LogP contribution in [0.15, 0.2) is 12.1 Å². The van der Waals surface area contributed by atoms with Gasteiger partial charge in [0.15, 0.2) is 19.8 Å². The number of fused-ring (bicyclic) bond motifs is 2. The maximum atomic E-state index is 14.0. The van der Waals surface area contributed by atoms with Crippen molar-refractivity contribution in [1.82, 2.24) is 4.90 Å². The molecule has 1 unspecified atom stereocenters. The minimum absolute atomic E-state index is 0.0282. The van der Waals surface area contributed by atoms with Gasteiger partial charge in [0, 0.05) is 27.6 Å². The van der Waals surface area contributed by atoms with Crippen molar-refractivity contribution in [2.24, 2.45) is 0 Å². The molecule has 202 valence electrons. The number of hydrogen-bond donors (Lipinski definition) is 0. The van der Waals surface area contributed by atoms with Crippen LogP contribution in [-0.4, -0.2) is 79.4 Å². The Balaban J connectivity index is 1.98. The first kappa shape index (κ1) is 28.7. The topological polar surface area (TPSA) is 77.5 Å². The van der Waals surface area contributed by atoms with E-state index in [1.807, 2.05) is 0 Å². The van der Waals surface area contributed by atoms with Gasteiger partial charge in [-0.3, -0.25) is 14.5 Å². The van der Waals surface area contributed by atoms with Crippen molar-refractivity contribution in [2.45, 2.75) is 83.2 Å². The Morgan fingerprint density at radius 3 is 2.25 bits per heavy atom. The first-order chi connectivity index (χ1) is 16.6. The molecule has 2 aliphatic heterocycles. The highest BCUT2D eigenvalue weighted by molar-refractivity contribution is 6.76. The van der Waals surface area contributed by atoms with Crippen molar-refractivity contribution in [3.8, 4) is 11.5 Å². The van der Waals surface area contributed by atoms with Gasteiger partial charge in [-0.25, -0.2) is 0 Å². The zero-order valence-electron chi connectivity index (χ0n) is 23.7. The molecule has 0 N–H and O–H groups in total. The summed E-state index contributed by atoms with van der Waals surface area (Å²) in [7, 11) is -0.325. The van der Waals surface area contributed by atoms with E-state index < -0.39 is 22.4 Å². The van der Waals surface area contributed by atoms with Gasteiger partial charge in [0.25, 0.3) is 11.8 Å². The number of rotatable bonds is 9. The van der Waals surface area contributed by atoms with Crippen LogP contribution in [0.1, 0.15) is 37.6 Å². The lowest BCUT2D eigenvalue weighted by Crippen LogP contribution is -2.45. The highest BCUT2D eigenvalue weighted by Gasteiger charge is 2.49. The molecule has 2 aliphatic rings. The molecule has 0 spiro atoms. The zero-order valence-corrected chi connectivity index (χ0v) is 25.7. The summed E-state index contributed by atoms with van der Waals surface area (Å²) in [5, 5.41) is 0.0282. The largest absolute Gasteiger partial charge is 0.493 e. The molecule has 0 saturated carbocycles. The second-order valence-electron chi connectivity index (χ2n) is 12.5. The van der Waals surface area contributed by atoms with Gasteiger partial charge in [0.05, 0.1) is 26.0 Å². The van der Waals surface area contributed by atoms with Crippen LogP contribution in [0.3, 0.4) is 0 Å². The number of methoxy groups -OCH3 is 2. The third-order valence-electron chi connectivity index (χ3n) is 7.59. The molecular formula is C26H44N2O6Si2. The van der Waals surface area contributed by atoms with E-state index in [9.17, 15) is 9.59 Å². The van der Waals surface area contributed by atoms with E-state index in [4.69, 9.17) is 18.6 Å². The van der Waals surface area contributed by atoms with Gasteiger partial charge in [-0.15, -0.1) is 0 Å². The molecule has 36 heavy (non-hydrogen) atoms. The van der Waals surface area contributed by atoms with E-state index in [1.165, 1.54) is 14.2 Å². The minimum Gasteiger partial charge on any atom is -0.493 e. The average Bonchev–Trinajstić information content (AvgIpc) is 3.16. The second-order valence-corrected chi connectivity index (χ2v) is 22.9. The van der Waals surface area contributed by atoms with Crippen molar-refractivity contribution < 1.29 is 28.2 Å². The lowest BCUT2D eigenvalue weighted by atomic mass is 10.1. The Hall–Kier alpha value is -1.89. The zero-order chi connectivity index (χ0) is 27.1. The van der Waals surface area contributed by atoms with E-state index in [1.54, 1.807) is 21.9 Å². The normalized spacial score (nSPS) is 20.8. The molecule has 10 heteroatoms. The molecule has 1 fully saturated rings. The third kappa shape index (κ3) is 5.82. The number of nitrogens with zero attached hydrogens (tertiary/aromatic N) is 2. The van der Waals surface area contributed by atoms with Crippen LogP contribution in [0.2, 0.25) is 43.8 Å². The van der Waals surface area contributed by atoms with E-state index in [-0.39, 0.29) is 29.7 Å². The predicted octanol–water partition coefficient (Wildman–Crippen LogP) is 4.97. The molecule has 3 rings (SSSR count). The molecule has 1 aromatic rings. The maximum Gasteiger partial charge on any atom is 0.260 e. The van der Waals surface area contributed by atoms with E-state index in [0.717, 1.165) is 6.04 Å². The lowest BCUT2D eigenvalue weighted by molar-refractivity contribution is -0.123. The van der Waals surface area contributed by atoms with Gasteiger partial charge in [0.1, 0.15) is 18.3 Å². The number of ether oxygens (including phenoxy) is 3. The molecule has 2 heterocycles. The molecule has 2 atom stereocenters. The highest BCUT2D eigenvalue weighted by atomic mass is 28.4. The predicted molar refractivity (Wildman–Crippen MR) is 148 cm³/mol. The first-order valence-corrected chi connectivity index (χ1v) is 19.4. The van der Waals surface area contributed by atoms with Crippen LogP contribution >= 0.6 is 0 Å². The number of amides is 2. The fourth-order valence-corrected chi connectivity index (χ4v) is 6.51. The van der Waals surface area contributed by atoms with Crippen molar-refractivity contribution in [3.05, 3.63) is 17.7 Å². The van der Waals surface area contributed by atoms with Crippen LogP contribution < -0.4 is 14.4 Å². The molecular weight excluding hydrogens is 492 g/mol. The van der Waals surface area contributed by atoms with E-state index >= 15 is 0 Å². The lowest BCUT2D eigenvalue weighted by Gasteiger charge is -2.38. The summed E-state index contributed by atoms with van der Waals surface area (Å²) >= 11 is 0. The molecule has 0 aromatic heterocycles. The second kappa shape index (κ2) is 10.5. The molecule has 8 nitrogen and oxygen atoms in total. The summed E-state index contributed by atoms with van der Waals surface area (Å²) < 4.78 is 23.8. The Bertz CT molecular complexity index is 986. The molecule has 1 saturated heterocycles. The van der Waals surface area contributed by atoms with Crippen LogP contribution in [-0.2, 0) is 14.0 Å². The van der Waals surface area contributed by atoms with E-state index in [2.05, 4.69) is 53.5 Å². The highest BCUT2D eigenvalue weighted by Crippen LogP contribution is 2.44. The summed E-state index contributed by atoms with van der Waals surface area (Å²) in [6.45, 7) is 18.8. The van der Waals surface area contributed by atoms with Gasteiger partial charge in [-0.1, -0.05) is 40.4 Å². The molecule has 0 aliphatic carbocycles. The Labute approximate surface area is 218 Å². The molecule has 1 aromatic carbocycles. The van der Waals surface area contributed by atoms with Crippen LogP contribution in [0.25, 0.3) is 0 Å². The summed E-state index contributed by atoms with van der Waals surface area (Å²) in [5.41, 5.74) is 0.821. The molecule has 0 bridgehead atoms. The van der Waals surface area contributed by atoms with Crippen molar-refractivity contribution >= 4 is 33.9 Å². The molecule has 0 radical (unpaired) electrons. The fraction of sp³-hybridized carbons (Fsp3) is 0.692. The van der Waals surface area contributed by atoms with Crippen LogP contribution in [0.4, 0.5) is 5.69 Å². The maximum absolute atomic E-state index is 14.0. The van der Waals surface area contributed by atoms with Crippen molar-refractivity contribution in [2.75, 3.05) is 39.0 Å². The monoisotopic (exact) mass is 536 g/mol. The Morgan fingerprint density at radius 1 is 1.03 bits per heavy atom. The summed E-state index contributed by atoms with van der Waals surface area (Å²) in [6.07, 6.45) is 0.271. The van der Waals surface area contributed by atoms with E-state index in [0.29, 0.717) is 42.3 Å². The molecule has 2 amide bonds. The first-order valence-electron chi connectivity index (χ1n) is 12.7. The fourth-order valence-electron chi connectivity index (χ4n) is 4.39. The number of carbonyl (C=O) groups excluding carboxylic acids is 2. The summed E-state index contributed by atoms with van der Waals surface area (Å²) in [5.74, 6) is 0.381. The average molecular weight is 537 g/mol. The van der Waals surface area contributed by atoms with Crippen molar-refractivity contribution in [1.29, 1.82) is 0 Å². The number of benzene rings is 1. The van der Waals surface area contributed by atoms with Crippen molar-refractivity contribution in [3.63, 3.8) is 0 Å². The summed E-state index contributed by atoms with van der Waals surface area (Å²) in [6, 6.07) is 3.86. The quantitative estimate of drug-likeness (QED) is 0.328. The van der Waals surface area contributed by atoms with Gasteiger partial charge < -0.3 is 23.5 Å². The van der Waals surface area contributed by atoms with Gasteiger partial charge >= 0.3 is 0 Å². The van der Waals surface area contributed by atoms with Gasteiger partial charge in [-0.05, 0) is 36.3 Å². The number of carbonyl (C=O) groups is 2. The van der Waals surface area contributed by atoms with Crippen LogP contribution in [0, 0.1) is 0 Å². The van der Waals surface area contributed by atoms with Gasteiger partial charge in [-0.2, -0.15) is 0 Å². The Kier molecular flexibility index (Phi) is 8.34. The SMILES string of the molecule is COc1ccc2c(c1OC)C(=O)N1C[C@H](O[Si](C)(C)C(C)(C)C)CC1C(=O)N2COCC[Si](C)(C)C. The Morgan fingerprint density at radius 2 is 1.69 bits per heavy atom. The standard InChI is InChI=1S/C26H44N2O6Si2/c1-26(2,3)36(9,10)34-18-15-20-24(29)28(17-33-13-14-35(6,7)8)19-11-12-21(31-4)23(32-5)22(19)25(30)27(20)16-18/h11-12,18,20H,13-17H2,1-10H3/t18-,20?/m1/s1. The van der Waals surface area contributed by atoms with Crippen LogP contribution in [0.5, 0.6) is 11.5 Å². The smallest absolute Gasteiger partial charge is 0.260 e. The number of anilines is 1. The number of hydrogen-bond acceptors (Lipinski definition) is 6. The summed E-state index contributed by atoms with van der Waals surface area (Å²) in [4.78, 5) is 31.1.